The van der Waals surface area contributed by atoms with Gasteiger partial charge in [0.1, 0.15) is 0 Å². The zero-order valence-electron chi connectivity index (χ0n) is 20.7. The van der Waals surface area contributed by atoms with Gasteiger partial charge in [0.2, 0.25) is 10.0 Å². The molecule has 0 radical (unpaired) electrons. The summed E-state index contributed by atoms with van der Waals surface area (Å²) in [6.45, 7) is 12.8. The van der Waals surface area contributed by atoms with Crippen LogP contribution in [-0.4, -0.2) is 68.8 Å². The number of likely N-dealkylation sites (N-methyl/N-ethyl adjacent to an activating group) is 1. The van der Waals surface area contributed by atoms with Gasteiger partial charge in [-0.05, 0) is 69.4 Å². The SMILES string of the molecule is C=CCN(CC=C)S(=O)(=O)c1ccc(C(=O)N(CCN(C)C)c2nc3cc(C)cc(C)c3s2)cc1. The highest BCUT2D eigenvalue weighted by atomic mass is 32.2. The molecule has 0 aliphatic rings. The van der Waals surface area contributed by atoms with Crippen molar-refractivity contribution < 1.29 is 13.2 Å². The molecule has 3 rings (SSSR count). The highest BCUT2D eigenvalue weighted by Gasteiger charge is 2.25. The fourth-order valence-corrected chi connectivity index (χ4v) is 6.12. The molecule has 0 saturated heterocycles. The van der Waals surface area contributed by atoms with Crippen molar-refractivity contribution in [2.45, 2.75) is 18.7 Å². The first kappa shape index (κ1) is 26.7. The van der Waals surface area contributed by atoms with E-state index >= 15 is 0 Å². The second-order valence-electron chi connectivity index (χ2n) is 8.61. The van der Waals surface area contributed by atoms with Gasteiger partial charge in [-0.1, -0.05) is 29.6 Å². The number of thiazole rings is 1. The highest BCUT2D eigenvalue weighted by molar-refractivity contribution is 7.89. The van der Waals surface area contributed by atoms with E-state index in [9.17, 15) is 13.2 Å². The Morgan fingerprint density at radius 2 is 1.66 bits per heavy atom. The Bertz CT molecular complexity index is 1320. The number of fused-ring (bicyclic) bond motifs is 1. The number of aromatic nitrogens is 1. The predicted octanol–water partition coefficient (Wildman–Crippen LogP) is 4.48. The van der Waals surface area contributed by atoms with Gasteiger partial charge >= 0.3 is 0 Å². The van der Waals surface area contributed by atoms with Gasteiger partial charge in [-0.2, -0.15) is 4.31 Å². The average molecular weight is 513 g/mol. The third kappa shape index (κ3) is 6.05. The standard InChI is InChI=1S/C26H32N4O3S2/c1-7-13-29(14-8-2)35(32,33)22-11-9-21(10-12-22)25(31)30(16-15-28(5)6)26-27-23-18-19(3)17-20(4)24(23)34-26/h7-12,17-18H,1-2,13-16H2,3-6H3. The molecule has 186 valence electrons. The molecule has 0 N–H and O–H groups in total. The van der Waals surface area contributed by atoms with Gasteiger partial charge in [-0.3, -0.25) is 9.69 Å². The number of benzene rings is 2. The van der Waals surface area contributed by atoms with Gasteiger partial charge in [0.25, 0.3) is 5.91 Å². The van der Waals surface area contributed by atoms with Crippen molar-refractivity contribution in [1.82, 2.24) is 14.2 Å². The predicted molar refractivity (Wildman–Crippen MR) is 145 cm³/mol. The van der Waals surface area contributed by atoms with E-state index in [-0.39, 0.29) is 23.9 Å². The van der Waals surface area contributed by atoms with Crippen LogP contribution in [0.4, 0.5) is 5.13 Å². The molecule has 3 aromatic rings. The van der Waals surface area contributed by atoms with Gasteiger partial charge in [0, 0.05) is 31.7 Å². The number of carbonyl (C=O) groups excluding carboxylic acids is 1. The lowest BCUT2D eigenvalue weighted by Gasteiger charge is -2.22. The number of carbonyl (C=O) groups is 1. The van der Waals surface area contributed by atoms with Crippen molar-refractivity contribution in [2.75, 3.05) is 45.2 Å². The largest absolute Gasteiger partial charge is 0.308 e. The number of aryl methyl sites for hydroxylation is 2. The van der Waals surface area contributed by atoms with Crippen molar-refractivity contribution in [2.24, 2.45) is 0 Å². The Hall–Kier alpha value is -2.85. The molecule has 0 atom stereocenters. The fourth-order valence-electron chi connectivity index (χ4n) is 3.70. The van der Waals surface area contributed by atoms with E-state index < -0.39 is 10.0 Å². The summed E-state index contributed by atoms with van der Waals surface area (Å²) >= 11 is 1.49. The number of amides is 1. The minimum atomic E-state index is -3.74. The molecular formula is C26H32N4O3S2. The maximum atomic E-state index is 13.6. The molecule has 2 aromatic carbocycles. The molecular weight excluding hydrogens is 480 g/mol. The van der Waals surface area contributed by atoms with Gasteiger partial charge in [-0.15, -0.1) is 13.2 Å². The molecule has 0 fully saturated rings. The van der Waals surface area contributed by atoms with Crippen LogP contribution in [0.5, 0.6) is 0 Å². The van der Waals surface area contributed by atoms with E-state index in [1.807, 2.05) is 38.9 Å². The lowest BCUT2D eigenvalue weighted by atomic mass is 10.1. The topological polar surface area (TPSA) is 73.8 Å². The summed E-state index contributed by atoms with van der Waals surface area (Å²) in [5.74, 6) is -0.224. The number of sulfonamides is 1. The Morgan fingerprint density at radius 1 is 1.03 bits per heavy atom. The third-order valence-electron chi connectivity index (χ3n) is 5.46. The molecule has 1 amide bonds. The fraction of sp³-hybridized carbons (Fsp3) is 0.308. The van der Waals surface area contributed by atoms with E-state index in [1.54, 1.807) is 17.0 Å². The van der Waals surface area contributed by atoms with Crippen molar-refractivity contribution in [3.63, 3.8) is 0 Å². The van der Waals surface area contributed by atoms with Gasteiger partial charge in [0.15, 0.2) is 5.13 Å². The second kappa shape index (κ2) is 11.3. The maximum absolute atomic E-state index is 13.6. The zero-order chi connectivity index (χ0) is 25.8. The molecule has 7 nitrogen and oxygen atoms in total. The number of hydrogen-bond acceptors (Lipinski definition) is 6. The Morgan fingerprint density at radius 3 is 2.23 bits per heavy atom. The summed E-state index contributed by atoms with van der Waals surface area (Å²) in [6, 6.07) is 10.2. The molecule has 0 bridgehead atoms. The average Bonchev–Trinajstić information content (AvgIpc) is 3.23. The van der Waals surface area contributed by atoms with Crippen LogP contribution < -0.4 is 4.90 Å². The van der Waals surface area contributed by atoms with E-state index in [2.05, 4.69) is 19.2 Å². The van der Waals surface area contributed by atoms with Crippen LogP contribution in [0.2, 0.25) is 0 Å². The molecule has 0 aliphatic heterocycles. The third-order valence-corrected chi connectivity index (χ3v) is 8.54. The number of hydrogen-bond donors (Lipinski definition) is 0. The summed E-state index contributed by atoms with van der Waals surface area (Å²) < 4.78 is 28.3. The van der Waals surface area contributed by atoms with Crippen LogP contribution in [0.15, 0.2) is 66.6 Å². The van der Waals surface area contributed by atoms with E-state index in [0.29, 0.717) is 23.8 Å². The van der Waals surface area contributed by atoms with Crippen LogP contribution in [0.1, 0.15) is 21.5 Å². The summed E-state index contributed by atoms with van der Waals surface area (Å²) in [4.78, 5) is 22.1. The second-order valence-corrected chi connectivity index (χ2v) is 11.5. The Labute approximate surface area is 212 Å². The quantitative estimate of drug-likeness (QED) is 0.354. The first-order valence-electron chi connectivity index (χ1n) is 11.2. The van der Waals surface area contributed by atoms with Gasteiger partial charge < -0.3 is 4.90 Å². The molecule has 0 unspecified atom stereocenters. The molecule has 0 saturated carbocycles. The van der Waals surface area contributed by atoms with Crippen molar-refractivity contribution in [1.29, 1.82) is 0 Å². The van der Waals surface area contributed by atoms with Crippen LogP contribution in [0.25, 0.3) is 10.2 Å². The first-order valence-corrected chi connectivity index (χ1v) is 13.5. The van der Waals surface area contributed by atoms with Crippen molar-refractivity contribution in [3.8, 4) is 0 Å². The minimum absolute atomic E-state index is 0.115. The molecule has 9 heteroatoms. The number of nitrogens with zero attached hydrogens (tertiary/aromatic N) is 4. The first-order chi connectivity index (χ1) is 16.6. The number of anilines is 1. The maximum Gasteiger partial charge on any atom is 0.260 e. The van der Waals surface area contributed by atoms with Gasteiger partial charge in [0.05, 0.1) is 15.1 Å². The zero-order valence-corrected chi connectivity index (χ0v) is 22.3. The summed E-state index contributed by atoms with van der Waals surface area (Å²) in [6.07, 6.45) is 3.06. The molecule has 35 heavy (non-hydrogen) atoms. The van der Waals surface area contributed by atoms with Gasteiger partial charge in [-0.25, -0.2) is 13.4 Å². The van der Waals surface area contributed by atoms with Crippen molar-refractivity contribution >= 4 is 42.6 Å². The molecule has 1 aromatic heterocycles. The number of rotatable bonds is 11. The van der Waals surface area contributed by atoms with E-state index in [1.165, 1.54) is 39.9 Å². The van der Waals surface area contributed by atoms with E-state index in [0.717, 1.165) is 21.3 Å². The molecule has 0 aliphatic carbocycles. The van der Waals surface area contributed by atoms with Crippen LogP contribution in [-0.2, 0) is 10.0 Å². The van der Waals surface area contributed by atoms with Crippen LogP contribution in [0, 0.1) is 13.8 Å². The smallest absolute Gasteiger partial charge is 0.260 e. The molecule has 1 heterocycles. The minimum Gasteiger partial charge on any atom is -0.308 e. The van der Waals surface area contributed by atoms with Crippen LogP contribution in [0.3, 0.4) is 0 Å². The monoisotopic (exact) mass is 512 g/mol. The normalized spacial score (nSPS) is 11.8. The van der Waals surface area contributed by atoms with E-state index in [4.69, 9.17) is 4.98 Å². The summed E-state index contributed by atoms with van der Waals surface area (Å²) in [5.41, 5.74) is 3.52. The summed E-state index contributed by atoms with van der Waals surface area (Å²) in [5, 5.41) is 0.625. The lowest BCUT2D eigenvalue weighted by Crippen LogP contribution is -2.36. The lowest BCUT2D eigenvalue weighted by molar-refractivity contribution is 0.0985. The Kier molecular flexibility index (Phi) is 8.60. The van der Waals surface area contributed by atoms with Crippen LogP contribution >= 0.6 is 11.3 Å². The summed E-state index contributed by atoms with van der Waals surface area (Å²) in [7, 11) is 0.163. The van der Waals surface area contributed by atoms with Crippen molar-refractivity contribution in [3.05, 3.63) is 78.4 Å². The highest BCUT2D eigenvalue weighted by Crippen LogP contribution is 2.33. The Balaban J connectivity index is 1.96. The molecule has 0 spiro atoms.